The van der Waals surface area contributed by atoms with Crippen molar-refractivity contribution in [3.8, 4) is 0 Å². The smallest absolute Gasteiger partial charge is 0.305 e. The summed E-state index contributed by atoms with van der Waals surface area (Å²) in [6, 6.07) is 3.69. The maximum absolute atomic E-state index is 12.3. The van der Waals surface area contributed by atoms with Crippen molar-refractivity contribution in [1.82, 2.24) is 19.5 Å². The summed E-state index contributed by atoms with van der Waals surface area (Å²) in [6.45, 7) is 2.99. The average Bonchev–Trinajstić information content (AvgIpc) is 3.11. The van der Waals surface area contributed by atoms with Gasteiger partial charge in [0.15, 0.2) is 5.82 Å². The van der Waals surface area contributed by atoms with E-state index in [-0.39, 0.29) is 5.54 Å². The molecule has 2 aromatic rings. The molecule has 1 aliphatic carbocycles. The lowest BCUT2D eigenvalue weighted by Gasteiger charge is -2.15. The van der Waals surface area contributed by atoms with Gasteiger partial charge in [0, 0.05) is 30.3 Å². The van der Waals surface area contributed by atoms with Gasteiger partial charge >= 0.3 is 11.1 Å². The van der Waals surface area contributed by atoms with Gasteiger partial charge in [0.1, 0.15) is 0 Å². The zero-order chi connectivity index (χ0) is 16.7. The highest BCUT2D eigenvalue weighted by Gasteiger charge is 2.40. The first-order chi connectivity index (χ1) is 11.6. The van der Waals surface area contributed by atoms with Gasteiger partial charge in [-0.15, -0.1) is 0 Å². The molecule has 1 saturated carbocycles. The fraction of sp³-hybridized carbons (Fsp3) is 0.375. The standard InChI is InChI=1S/C16H18N6O2/c1-16(4-5-16)21-9-8-20(14(23)15(21)24)11-12-2-3-13(17-10-12)22-18-6-7-19-22/h2-3,6,8-10,19H,4-5,7,11H2,1H3. The van der Waals surface area contributed by atoms with Crippen LogP contribution in [-0.2, 0) is 12.1 Å². The molecule has 24 heavy (non-hydrogen) atoms. The predicted molar refractivity (Wildman–Crippen MR) is 90.2 cm³/mol. The van der Waals surface area contributed by atoms with Gasteiger partial charge in [0.25, 0.3) is 0 Å². The van der Waals surface area contributed by atoms with E-state index in [1.54, 1.807) is 34.5 Å². The van der Waals surface area contributed by atoms with Crippen LogP contribution >= 0.6 is 0 Å². The molecule has 0 saturated heterocycles. The lowest BCUT2D eigenvalue weighted by atomic mass is 10.2. The Kier molecular flexibility index (Phi) is 3.34. The first kappa shape index (κ1) is 14.8. The van der Waals surface area contributed by atoms with Crippen LogP contribution in [0.25, 0.3) is 0 Å². The number of hydrazone groups is 1. The van der Waals surface area contributed by atoms with Crippen LogP contribution in [0.2, 0.25) is 0 Å². The number of nitrogens with zero attached hydrogens (tertiary/aromatic N) is 5. The molecule has 0 spiro atoms. The van der Waals surface area contributed by atoms with Crippen molar-refractivity contribution in [2.45, 2.75) is 31.8 Å². The lowest BCUT2D eigenvalue weighted by molar-refractivity contribution is 0.496. The number of hydrogen-bond donors (Lipinski definition) is 1. The molecule has 124 valence electrons. The molecule has 8 nitrogen and oxygen atoms in total. The minimum Gasteiger partial charge on any atom is -0.305 e. The summed E-state index contributed by atoms with van der Waals surface area (Å²) in [7, 11) is 0. The van der Waals surface area contributed by atoms with E-state index in [2.05, 4.69) is 15.5 Å². The molecule has 0 aromatic carbocycles. The minimum absolute atomic E-state index is 0.179. The molecule has 1 fully saturated rings. The van der Waals surface area contributed by atoms with E-state index in [4.69, 9.17) is 0 Å². The minimum atomic E-state index is -0.500. The van der Waals surface area contributed by atoms with Crippen LogP contribution in [0.15, 0.2) is 45.4 Å². The molecule has 1 N–H and O–H groups in total. The van der Waals surface area contributed by atoms with E-state index in [0.29, 0.717) is 18.9 Å². The Morgan fingerprint density at radius 2 is 2.04 bits per heavy atom. The molecule has 0 radical (unpaired) electrons. The average molecular weight is 326 g/mol. The molecule has 0 amide bonds. The quantitative estimate of drug-likeness (QED) is 0.816. The molecular formula is C16H18N6O2. The highest BCUT2D eigenvalue weighted by molar-refractivity contribution is 5.64. The maximum Gasteiger partial charge on any atom is 0.316 e. The van der Waals surface area contributed by atoms with Crippen molar-refractivity contribution >= 4 is 12.0 Å². The third-order valence-corrected chi connectivity index (χ3v) is 4.52. The topological polar surface area (TPSA) is 84.5 Å². The molecule has 0 atom stereocenters. The summed E-state index contributed by atoms with van der Waals surface area (Å²) in [4.78, 5) is 28.9. The van der Waals surface area contributed by atoms with Crippen molar-refractivity contribution < 1.29 is 0 Å². The largest absolute Gasteiger partial charge is 0.316 e. The Hall–Kier alpha value is -2.74. The van der Waals surface area contributed by atoms with Gasteiger partial charge < -0.3 is 9.13 Å². The van der Waals surface area contributed by atoms with Crippen molar-refractivity contribution in [3.05, 3.63) is 57.0 Å². The summed E-state index contributed by atoms with van der Waals surface area (Å²) in [5.41, 5.74) is 2.74. The Morgan fingerprint density at radius 1 is 1.21 bits per heavy atom. The highest BCUT2D eigenvalue weighted by Crippen LogP contribution is 2.41. The lowest BCUT2D eigenvalue weighted by Crippen LogP contribution is -2.43. The van der Waals surface area contributed by atoms with Crippen LogP contribution < -0.4 is 21.7 Å². The van der Waals surface area contributed by atoms with E-state index in [0.717, 1.165) is 18.4 Å². The van der Waals surface area contributed by atoms with Crippen molar-refractivity contribution in [2.24, 2.45) is 5.10 Å². The van der Waals surface area contributed by atoms with Gasteiger partial charge in [-0.25, -0.2) is 10.4 Å². The predicted octanol–water partition coefficient (Wildman–Crippen LogP) is 0.273. The van der Waals surface area contributed by atoms with Crippen LogP contribution in [0.3, 0.4) is 0 Å². The van der Waals surface area contributed by atoms with E-state index >= 15 is 0 Å². The zero-order valence-electron chi connectivity index (χ0n) is 13.3. The summed E-state index contributed by atoms with van der Waals surface area (Å²) >= 11 is 0. The van der Waals surface area contributed by atoms with Crippen LogP contribution in [0.1, 0.15) is 25.3 Å². The van der Waals surface area contributed by atoms with Gasteiger partial charge in [-0.05, 0) is 31.4 Å². The van der Waals surface area contributed by atoms with Crippen LogP contribution in [-0.4, -0.2) is 26.9 Å². The number of rotatable bonds is 4. The van der Waals surface area contributed by atoms with Gasteiger partial charge in [-0.2, -0.15) is 10.2 Å². The molecule has 4 rings (SSSR count). The van der Waals surface area contributed by atoms with E-state index in [1.165, 1.54) is 4.57 Å². The number of aromatic nitrogens is 3. The second kappa shape index (κ2) is 5.41. The van der Waals surface area contributed by atoms with Crippen molar-refractivity contribution in [1.29, 1.82) is 0 Å². The summed E-state index contributed by atoms with van der Waals surface area (Å²) in [6.07, 6.45) is 8.70. The first-order valence-corrected chi connectivity index (χ1v) is 7.90. The van der Waals surface area contributed by atoms with E-state index < -0.39 is 11.1 Å². The molecule has 8 heteroatoms. The number of hydrogen-bond acceptors (Lipinski definition) is 6. The Labute approximate surface area is 138 Å². The molecular weight excluding hydrogens is 308 g/mol. The van der Waals surface area contributed by atoms with Gasteiger partial charge in [-0.1, -0.05) is 6.07 Å². The fourth-order valence-electron chi connectivity index (χ4n) is 2.74. The fourth-order valence-corrected chi connectivity index (χ4v) is 2.74. The Bertz CT molecular complexity index is 907. The molecule has 1 aliphatic heterocycles. The third kappa shape index (κ3) is 2.54. The van der Waals surface area contributed by atoms with Gasteiger partial charge in [-0.3, -0.25) is 9.59 Å². The summed E-state index contributed by atoms with van der Waals surface area (Å²) in [5, 5.41) is 5.71. The van der Waals surface area contributed by atoms with Crippen molar-refractivity contribution in [3.63, 3.8) is 0 Å². The second-order valence-electron chi connectivity index (χ2n) is 6.40. The summed E-state index contributed by atoms with van der Waals surface area (Å²) < 4.78 is 2.98. The number of pyridine rings is 1. The monoisotopic (exact) mass is 326 g/mol. The number of hydrazine groups is 1. The normalized spacial score (nSPS) is 18.1. The Morgan fingerprint density at radius 3 is 2.67 bits per heavy atom. The van der Waals surface area contributed by atoms with Crippen LogP contribution in [0.4, 0.5) is 5.82 Å². The third-order valence-electron chi connectivity index (χ3n) is 4.52. The second-order valence-corrected chi connectivity index (χ2v) is 6.40. The van der Waals surface area contributed by atoms with E-state index in [1.807, 2.05) is 19.1 Å². The van der Waals surface area contributed by atoms with Crippen LogP contribution in [0, 0.1) is 0 Å². The number of nitrogens with one attached hydrogen (secondary N) is 1. The van der Waals surface area contributed by atoms with Gasteiger partial charge in [0.2, 0.25) is 0 Å². The SMILES string of the molecule is CC1(n2ccn(Cc3ccc(N4N=CCN4)nc3)c(=O)c2=O)CC1. The summed E-state index contributed by atoms with van der Waals surface area (Å²) in [5.74, 6) is 0.678. The van der Waals surface area contributed by atoms with Crippen molar-refractivity contribution in [2.75, 3.05) is 11.7 Å². The molecule has 0 bridgehead atoms. The molecule has 0 unspecified atom stereocenters. The zero-order valence-corrected chi connectivity index (χ0v) is 13.3. The first-order valence-electron chi connectivity index (χ1n) is 7.90. The maximum atomic E-state index is 12.3. The molecule has 2 aliphatic rings. The van der Waals surface area contributed by atoms with E-state index in [9.17, 15) is 9.59 Å². The Balaban J connectivity index is 1.57. The van der Waals surface area contributed by atoms with Gasteiger partial charge in [0.05, 0.1) is 13.1 Å². The molecule has 3 heterocycles. The van der Waals surface area contributed by atoms with Crippen LogP contribution in [0.5, 0.6) is 0 Å². The number of anilines is 1. The highest BCUT2D eigenvalue weighted by atomic mass is 16.2. The molecule has 2 aromatic heterocycles.